The Morgan fingerprint density at radius 1 is 1.33 bits per heavy atom. The lowest BCUT2D eigenvalue weighted by molar-refractivity contribution is 0.384. The van der Waals surface area contributed by atoms with Gasteiger partial charge in [0.05, 0.1) is 12.2 Å². The van der Waals surface area contributed by atoms with Crippen LogP contribution in [0, 0.1) is 6.92 Å². The molecule has 0 aliphatic rings. The van der Waals surface area contributed by atoms with Gasteiger partial charge >= 0.3 is 0 Å². The molecule has 0 spiro atoms. The predicted molar refractivity (Wildman–Crippen MR) is 72.3 cm³/mol. The Balaban J connectivity index is 2.04. The van der Waals surface area contributed by atoms with Gasteiger partial charge < -0.3 is 9.84 Å². The first-order chi connectivity index (χ1) is 8.67. The smallest absolute Gasteiger partial charge is 0.156 e. The first-order valence-electron chi connectivity index (χ1n) is 5.87. The van der Waals surface area contributed by atoms with Gasteiger partial charge in [-0.1, -0.05) is 12.1 Å². The molecule has 0 amide bonds. The van der Waals surface area contributed by atoms with Gasteiger partial charge in [0, 0.05) is 18.6 Å². The van der Waals surface area contributed by atoms with Crippen molar-refractivity contribution in [2.75, 3.05) is 5.32 Å². The molecule has 2 heterocycles. The fourth-order valence-electron chi connectivity index (χ4n) is 1.57. The molecule has 0 aliphatic heterocycles. The zero-order valence-corrected chi connectivity index (χ0v) is 12.0. The summed E-state index contributed by atoms with van der Waals surface area (Å²) < 4.78 is 5.92. The fourth-order valence-corrected chi connectivity index (χ4v) is 1.99. The third kappa shape index (κ3) is 3.53. The first-order valence-corrected chi connectivity index (χ1v) is 6.66. The topological polar surface area (TPSA) is 63.8 Å². The minimum absolute atomic E-state index is 0.565. The summed E-state index contributed by atoms with van der Waals surface area (Å²) in [6.45, 7) is 4.57. The van der Waals surface area contributed by atoms with Gasteiger partial charge in [-0.25, -0.2) is 9.97 Å². The number of halogens is 1. The maximum absolute atomic E-state index is 5.13. The van der Waals surface area contributed by atoms with Crippen LogP contribution in [0.4, 0.5) is 5.82 Å². The largest absolute Gasteiger partial charge is 0.363 e. The van der Waals surface area contributed by atoms with E-state index in [1.807, 2.05) is 19.1 Å². The molecule has 0 saturated heterocycles. The molecule has 0 radical (unpaired) electrons. The molecular weight excluding hydrogens is 296 g/mol. The summed E-state index contributed by atoms with van der Waals surface area (Å²) in [4.78, 5) is 8.74. The molecule has 6 heteroatoms. The van der Waals surface area contributed by atoms with E-state index < -0.39 is 0 Å². The molecule has 0 atom stereocenters. The van der Waals surface area contributed by atoms with Gasteiger partial charge in [-0.15, -0.1) is 0 Å². The summed E-state index contributed by atoms with van der Waals surface area (Å²) in [5, 5.41) is 7.04. The summed E-state index contributed by atoms with van der Waals surface area (Å²) in [5.41, 5.74) is 0.877. The van der Waals surface area contributed by atoms with E-state index in [2.05, 4.69) is 43.3 Å². The van der Waals surface area contributed by atoms with Crippen molar-refractivity contribution >= 4 is 21.7 Å². The maximum Gasteiger partial charge on any atom is 0.156 e. The van der Waals surface area contributed by atoms with E-state index in [0.717, 1.165) is 40.5 Å². The normalized spacial score (nSPS) is 10.6. The van der Waals surface area contributed by atoms with E-state index in [1.165, 1.54) is 0 Å². The van der Waals surface area contributed by atoms with E-state index in [9.17, 15) is 0 Å². The Morgan fingerprint density at radius 3 is 2.83 bits per heavy atom. The Labute approximate surface area is 114 Å². The molecule has 5 nitrogen and oxygen atoms in total. The van der Waals surface area contributed by atoms with Crippen LogP contribution in [0.5, 0.6) is 0 Å². The average molecular weight is 311 g/mol. The van der Waals surface area contributed by atoms with Crippen molar-refractivity contribution in [3.63, 3.8) is 0 Å². The van der Waals surface area contributed by atoms with Crippen LogP contribution in [0.1, 0.15) is 30.6 Å². The van der Waals surface area contributed by atoms with Crippen molar-refractivity contribution in [2.24, 2.45) is 0 Å². The molecule has 2 aromatic rings. The number of anilines is 1. The molecule has 0 saturated carbocycles. The summed E-state index contributed by atoms with van der Waals surface area (Å²) in [6.07, 6.45) is 1.90. The monoisotopic (exact) mass is 310 g/mol. The highest BCUT2D eigenvalue weighted by Crippen LogP contribution is 2.14. The van der Waals surface area contributed by atoms with Crippen molar-refractivity contribution in [1.29, 1.82) is 0 Å². The molecular formula is C12H15BrN4O. The molecule has 2 aromatic heterocycles. The summed E-state index contributed by atoms with van der Waals surface area (Å²) in [5.74, 6) is 2.41. The van der Waals surface area contributed by atoms with Crippen LogP contribution >= 0.6 is 15.9 Å². The Kier molecular flexibility index (Phi) is 4.30. The van der Waals surface area contributed by atoms with Crippen LogP contribution in [-0.4, -0.2) is 15.1 Å². The lowest BCUT2D eigenvalue weighted by Crippen LogP contribution is -2.04. The van der Waals surface area contributed by atoms with Crippen LogP contribution < -0.4 is 5.32 Å². The highest BCUT2D eigenvalue weighted by molar-refractivity contribution is 9.10. The third-order valence-electron chi connectivity index (χ3n) is 2.34. The van der Waals surface area contributed by atoms with Gasteiger partial charge in [0.15, 0.2) is 5.76 Å². The lowest BCUT2D eigenvalue weighted by atomic mass is 10.3. The van der Waals surface area contributed by atoms with Gasteiger partial charge in [-0.3, -0.25) is 0 Å². The highest BCUT2D eigenvalue weighted by Gasteiger charge is 2.04. The zero-order valence-electron chi connectivity index (χ0n) is 10.4. The fraction of sp³-hybridized carbons (Fsp3) is 0.417. The SMILES string of the molecule is CCCc1nc(Br)cc(NCc2cc(C)no2)n1. The van der Waals surface area contributed by atoms with Crippen molar-refractivity contribution in [2.45, 2.75) is 33.2 Å². The summed E-state index contributed by atoms with van der Waals surface area (Å²) in [6, 6.07) is 3.75. The molecule has 0 aromatic carbocycles. The van der Waals surface area contributed by atoms with E-state index in [-0.39, 0.29) is 0 Å². The molecule has 96 valence electrons. The lowest BCUT2D eigenvalue weighted by Gasteiger charge is -2.05. The summed E-state index contributed by atoms with van der Waals surface area (Å²) in [7, 11) is 0. The van der Waals surface area contributed by atoms with E-state index >= 15 is 0 Å². The Bertz CT molecular complexity index is 527. The number of nitrogens with one attached hydrogen (secondary N) is 1. The molecule has 1 N–H and O–H groups in total. The number of aromatic nitrogens is 3. The zero-order chi connectivity index (χ0) is 13.0. The second-order valence-electron chi connectivity index (χ2n) is 4.03. The Hall–Kier alpha value is -1.43. The highest BCUT2D eigenvalue weighted by atomic mass is 79.9. The van der Waals surface area contributed by atoms with Crippen molar-refractivity contribution in [3.05, 3.63) is 34.0 Å². The first kappa shape index (κ1) is 13.0. The van der Waals surface area contributed by atoms with Crippen molar-refractivity contribution in [3.8, 4) is 0 Å². The molecule has 18 heavy (non-hydrogen) atoms. The van der Waals surface area contributed by atoms with Gasteiger partial charge in [0.1, 0.15) is 16.2 Å². The number of hydrogen-bond donors (Lipinski definition) is 1. The summed E-state index contributed by atoms with van der Waals surface area (Å²) >= 11 is 3.39. The molecule has 0 bridgehead atoms. The minimum Gasteiger partial charge on any atom is -0.363 e. The van der Waals surface area contributed by atoms with Crippen LogP contribution in [0.2, 0.25) is 0 Å². The number of rotatable bonds is 5. The molecule has 0 unspecified atom stereocenters. The minimum atomic E-state index is 0.565. The van der Waals surface area contributed by atoms with Crippen molar-refractivity contribution in [1.82, 2.24) is 15.1 Å². The maximum atomic E-state index is 5.13. The second kappa shape index (κ2) is 5.95. The van der Waals surface area contributed by atoms with E-state index in [4.69, 9.17) is 4.52 Å². The molecule has 2 rings (SSSR count). The second-order valence-corrected chi connectivity index (χ2v) is 4.84. The van der Waals surface area contributed by atoms with Crippen LogP contribution in [0.25, 0.3) is 0 Å². The van der Waals surface area contributed by atoms with E-state index in [1.54, 1.807) is 0 Å². The predicted octanol–water partition coefficient (Wildman–Crippen LogP) is 3.10. The standard InChI is InChI=1S/C12H15BrN4O/c1-3-4-11-15-10(13)6-12(16-11)14-7-9-5-8(2)17-18-9/h5-6H,3-4,7H2,1-2H3,(H,14,15,16). The van der Waals surface area contributed by atoms with Crippen molar-refractivity contribution < 1.29 is 4.52 Å². The molecule has 0 fully saturated rings. The number of aryl methyl sites for hydroxylation is 2. The van der Waals surface area contributed by atoms with Gasteiger partial charge in [0.2, 0.25) is 0 Å². The van der Waals surface area contributed by atoms with Crippen LogP contribution in [0.15, 0.2) is 21.3 Å². The van der Waals surface area contributed by atoms with Crippen LogP contribution in [0.3, 0.4) is 0 Å². The quantitative estimate of drug-likeness (QED) is 0.860. The van der Waals surface area contributed by atoms with E-state index in [0.29, 0.717) is 6.54 Å². The van der Waals surface area contributed by atoms with Gasteiger partial charge in [0.25, 0.3) is 0 Å². The molecule has 0 aliphatic carbocycles. The third-order valence-corrected chi connectivity index (χ3v) is 2.74. The van der Waals surface area contributed by atoms with Gasteiger partial charge in [-0.05, 0) is 29.3 Å². The average Bonchev–Trinajstić information content (AvgIpc) is 2.72. The number of nitrogens with zero attached hydrogens (tertiary/aromatic N) is 3. The van der Waals surface area contributed by atoms with Gasteiger partial charge in [-0.2, -0.15) is 0 Å². The Morgan fingerprint density at radius 2 is 2.17 bits per heavy atom. The number of hydrogen-bond acceptors (Lipinski definition) is 5. The van der Waals surface area contributed by atoms with Crippen LogP contribution in [-0.2, 0) is 13.0 Å².